The molecule has 5 heteroatoms. The minimum absolute atomic E-state index is 0.0763. The summed E-state index contributed by atoms with van der Waals surface area (Å²) >= 11 is 6.73. The van der Waals surface area contributed by atoms with E-state index >= 15 is 0 Å². The van der Waals surface area contributed by atoms with E-state index in [0.717, 1.165) is 22.4 Å². The van der Waals surface area contributed by atoms with Crippen LogP contribution >= 0.6 is 24.0 Å². The molecule has 1 saturated heterocycles. The predicted octanol–water partition coefficient (Wildman–Crippen LogP) is 4.10. The van der Waals surface area contributed by atoms with E-state index < -0.39 is 0 Å². The summed E-state index contributed by atoms with van der Waals surface area (Å²) in [6, 6.07) is 9.66. The van der Waals surface area contributed by atoms with E-state index in [-0.39, 0.29) is 5.91 Å². The Kier molecular flexibility index (Phi) is 4.09. The molecule has 1 amide bonds. The fourth-order valence-electron chi connectivity index (χ4n) is 2.27. The molecule has 2 heterocycles. The lowest BCUT2D eigenvalue weighted by atomic mass is 10.1. The summed E-state index contributed by atoms with van der Waals surface area (Å²) in [4.78, 5) is 19.0. The van der Waals surface area contributed by atoms with Gasteiger partial charge in [-0.3, -0.25) is 14.7 Å². The average Bonchev–Trinajstić information content (AvgIpc) is 2.78. The Balaban J connectivity index is 1.99. The van der Waals surface area contributed by atoms with Gasteiger partial charge in [0.25, 0.3) is 5.91 Å². The first-order valence-electron chi connectivity index (χ1n) is 6.82. The fourth-order valence-corrected chi connectivity index (χ4v) is 3.55. The van der Waals surface area contributed by atoms with Crippen LogP contribution in [0.2, 0.25) is 0 Å². The van der Waals surface area contributed by atoms with Crippen LogP contribution in [0.15, 0.2) is 47.6 Å². The molecule has 22 heavy (non-hydrogen) atoms. The number of amides is 1. The highest BCUT2D eigenvalue weighted by molar-refractivity contribution is 8.27. The standard InChI is InChI=1S/C17H14N2OS2/c1-11-5-3-7-14(12(11)2)19-16(20)15(22-17(19)21)9-13-6-4-8-18-10-13/h3-10H,1-2H3. The van der Waals surface area contributed by atoms with Crippen LogP contribution in [0, 0.1) is 13.8 Å². The Morgan fingerprint density at radius 1 is 1.23 bits per heavy atom. The monoisotopic (exact) mass is 326 g/mol. The largest absolute Gasteiger partial charge is 0.270 e. The highest BCUT2D eigenvalue weighted by Gasteiger charge is 2.34. The van der Waals surface area contributed by atoms with Gasteiger partial charge < -0.3 is 0 Å². The second-order valence-corrected chi connectivity index (χ2v) is 6.70. The zero-order valence-electron chi connectivity index (χ0n) is 12.2. The summed E-state index contributed by atoms with van der Waals surface area (Å²) in [5.41, 5.74) is 3.96. The van der Waals surface area contributed by atoms with Crippen molar-refractivity contribution in [2.24, 2.45) is 0 Å². The van der Waals surface area contributed by atoms with Crippen molar-refractivity contribution in [1.29, 1.82) is 0 Å². The topological polar surface area (TPSA) is 33.2 Å². The normalized spacial score (nSPS) is 16.6. The molecule has 1 aliphatic heterocycles. The van der Waals surface area contributed by atoms with E-state index in [9.17, 15) is 4.79 Å². The third kappa shape index (κ3) is 2.69. The van der Waals surface area contributed by atoms with Gasteiger partial charge in [0.1, 0.15) is 0 Å². The third-order valence-electron chi connectivity index (χ3n) is 3.59. The zero-order chi connectivity index (χ0) is 15.7. The van der Waals surface area contributed by atoms with Crippen LogP contribution in [-0.4, -0.2) is 15.2 Å². The van der Waals surface area contributed by atoms with Crippen LogP contribution in [-0.2, 0) is 4.79 Å². The van der Waals surface area contributed by atoms with Crippen molar-refractivity contribution in [3.63, 3.8) is 0 Å². The molecule has 3 nitrogen and oxygen atoms in total. The maximum Gasteiger partial charge on any atom is 0.270 e. The van der Waals surface area contributed by atoms with Crippen molar-refractivity contribution in [1.82, 2.24) is 4.98 Å². The number of thioether (sulfide) groups is 1. The minimum Gasteiger partial charge on any atom is -0.268 e. The van der Waals surface area contributed by atoms with Crippen LogP contribution in [0.3, 0.4) is 0 Å². The number of benzene rings is 1. The van der Waals surface area contributed by atoms with Crippen molar-refractivity contribution < 1.29 is 4.79 Å². The zero-order valence-corrected chi connectivity index (χ0v) is 13.9. The molecule has 0 unspecified atom stereocenters. The van der Waals surface area contributed by atoms with Gasteiger partial charge in [0.2, 0.25) is 0 Å². The number of hydrogen-bond acceptors (Lipinski definition) is 4. The van der Waals surface area contributed by atoms with Gasteiger partial charge in [-0.2, -0.15) is 0 Å². The van der Waals surface area contributed by atoms with Crippen LogP contribution < -0.4 is 4.90 Å². The number of hydrogen-bond donors (Lipinski definition) is 0. The molecule has 1 fully saturated rings. The van der Waals surface area contributed by atoms with E-state index in [4.69, 9.17) is 12.2 Å². The maximum atomic E-state index is 12.7. The molecule has 0 atom stereocenters. The number of aryl methyl sites for hydroxylation is 1. The minimum atomic E-state index is -0.0763. The van der Waals surface area contributed by atoms with Gasteiger partial charge in [0.15, 0.2) is 4.32 Å². The number of aromatic nitrogens is 1. The molecule has 0 saturated carbocycles. The van der Waals surface area contributed by atoms with E-state index in [1.807, 2.05) is 50.3 Å². The van der Waals surface area contributed by atoms with Gasteiger partial charge in [-0.25, -0.2) is 0 Å². The molecule has 1 aromatic heterocycles. The molecule has 2 aromatic rings. The first kappa shape index (κ1) is 14.9. The number of thiocarbonyl (C=S) groups is 1. The van der Waals surface area contributed by atoms with E-state index in [1.165, 1.54) is 11.8 Å². The van der Waals surface area contributed by atoms with Gasteiger partial charge in [0, 0.05) is 12.4 Å². The van der Waals surface area contributed by atoms with Gasteiger partial charge >= 0.3 is 0 Å². The lowest BCUT2D eigenvalue weighted by Crippen LogP contribution is -2.28. The number of carbonyl (C=O) groups excluding carboxylic acids is 1. The molecular formula is C17H14N2OS2. The molecule has 1 aliphatic rings. The van der Waals surface area contributed by atoms with Crippen molar-refractivity contribution >= 4 is 46.0 Å². The van der Waals surface area contributed by atoms with Crippen molar-refractivity contribution in [3.8, 4) is 0 Å². The first-order valence-corrected chi connectivity index (χ1v) is 8.04. The van der Waals surface area contributed by atoms with Crippen LogP contribution in [0.25, 0.3) is 6.08 Å². The second-order valence-electron chi connectivity index (χ2n) is 5.02. The molecule has 0 aliphatic carbocycles. The Bertz CT molecular complexity index is 785. The Hall–Kier alpha value is -1.98. The Morgan fingerprint density at radius 2 is 2.05 bits per heavy atom. The molecule has 110 valence electrons. The van der Waals surface area contributed by atoms with Gasteiger partial charge in [-0.05, 0) is 48.7 Å². The quantitative estimate of drug-likeness (QED) is 0.614. The highest BCUT2D eigenvalue weighted by atomic mass is 32.2. The van der Waals surface area contributed by atoms with Crippen LogP contribution in [0.5, 0.6) is 0 Å². The average molecular weight is 326 g/mol. The number of nitrogens with zero attached hydrogens (tertiary/aromatic N) is 2. The second kappa shape index (κ2) is 6.02. The van der Waals surface area contributed by atoms with Gasteiger partial charge in [0.05, 0.1) is 10.6 Å². The Morgan fingerprint density at radius 3 is 2.77 bits per heavy atom. The number of anilines is 1. The maximum absolute atomic E-state index is 12.7. The molecule has 0 radical (unpaired) electrons. The van der Waals surface area contributed by atoms with E-state index in [0.29, 0.717) is 9.23 Å². The van der Waals surface area contributed by atoms with Crippen LogP contribution in [0.4, 0.5) is 5.69 Å². The number of pyridine rings is 1. The van der Waals surface area contributed by atoms with Crippen molar-refractivity contribution in [3.05, 3.63) is 64.3 Å². The lowest BCUT2D eigenvalue weighted by Gasteiger charge is -2.18. The van der Waals surface area contributed by atoms with Gasteiger partial charge in [-0.15, -0.1) is 0 Å². The highest BCUT2D eigenvalue weighted by Crippen LogP contribution is 2.37. The molecular weight excluding hydrogens is 312 g/mol. The van der Waals surface area contributed by atoms with E-state index in [1.54, 1.807) is 17.3 Å². The third-order valence-corrected chi connectivity index (χ3v) is 4.89. The van der Waals surface area contributed by atoms with Gasteiger partial charge in [-0.1, -0.05) is 42.2 Å². The van der Waals surface area contributed by atoms with Crippen LogP contribution in [0.1, 0.15) is 16.7 Å². The summed E-state index contributed by atoms with van der Waals surface area (Å²) in [6.45, 7) is 4.04. The fraction of sp³-hybridized carbons (Fsp3) is 0.118. The van der Waals surface area contributed by atoms with Crippen molar-refractivity contribution in [2.75, 3.05) is 4.90 Å². The smallest absolute Gasteiger partial charge is 0.268 e. The SMILES string of the molecule is Cc1cccc(N2C(=O)C(=Cc3cccnc3)SC2=S)c1C. The number of rotatable bonds is 2. The number of carbonyl (C=O) groups is 1. The summed E-state index contributed by atoms with van der Waals surface area (Å²) in [6.07, 6.45) is 5.26. The summed E-state index contributed by atoms with van der Waals surface area (Å²) < 4.78 is 0.564. The molecule has 0 spiro atoms. The lowest BCUT2D eigenvalue weighted by molar-refractivity contribution is -0.113. The van der Waals surface area contributed by atoms with Crippen molar-refractivity contribution in [2.45, 2.75) is 13.8 Å². The first-order chi connectivity index (χ1) is 10.6. The predicted molar refractivity (Wildman–Crippen MR) is 95.8 cm³/mol. The summed E-state index contributed by atoms with van der Waals surface area (Å²) in [5.74, 6) is -0.0763. The molecule has 0 bridgehead atoms. The molecule has 3 rings (SSSR count). The summed E-state index contributed by atoms with van der Waals surface area (Å²) in [7, 11) is 0. The summed E-state index contributed by atoms with van der Waals surface area (Å²) in [5, 5.41) is 0. The van der Waals surface area contributed by atoms with E-state index in [2.05, 4.69) is 4.98 Å². The molecule has 0 N–H and O–H groups in total. The molecule has 1 aromatic carbocycles. The Labute approximate surface area is 139 Å².